The summed E-state index contributed by atoms with van der Waals surface area (Å²) < 4.78 is 5.32. The van der Waals surface area contributed by atoms with Gasteiger partial charge in [-0.3, -0.25) is 10.3 Å². The number of methoxy groups -OCH3 is 1. The average Bonchev–Trinajstić information content (AvgIpc) is 3.25. The number of nitrogens with zero attached hydrogens (tertiary/aromatic N) is 2. The van der Waals surface area contributed by atoms with Crippen LogP contribution < -0.4 is 10.1 Å². The smallest absolute Gasteiger partial charge is 0.123 e. The number of hydrogen-bond donors (Lipinski definition) is 1. The molecule has 2 aromatic carbocycles. The second-order valence-corrected chi connectivity index (χ2v) is 7.21. The molecule has 0 aliphatic heterocycles. The van der Waals surface area contributed by atoms with Gasteiger partial charge in [0, 0.05) is 23.7 Å². The van der Waals surface area contributed by atoms with E-state index in [-0.39, 0.29) is 6.04 Å². The Hall–Kier alpha value is -3.02. The lowest BCUT2D eigenvalue weighted by molar-refractivity contribution is 0.415. The molecule has 0 aliphatic carbocycles. The molecule has 0 radical (unpaired) electrons. The van der Waals surface area contributed by atoms with Gasteiger partial charge in [-0.05, 0) is 29.8 Å². The summed E-state index contributed by atoms with van der Waals surface area (Å²) in [5.74, 6) is 0.840. The Bertz CT molecular complexity index is 979. The van der Waals surface area contributed by atoms with Crippen LogP contribution in [0.25, 0.3) is 10.6 Å². The van der Waals surface area contributed by atoms with Crippen molar-refractivity contribution in [1.82, 2.24) is 15.3 Å². The normalized spacial score (nSPS) is 11.9. The molecule has 1 N–H and O–H groups in total. The number of aromatic nitrogens is 2. The molecule has 4 nitrogen and oxygen atoms in total. The lowest BCUT2D eigenvalue weighted by Crippen LogP contribution is -2.23. The lowest BCUT2D eigenvalue weighted by Gasteiger charge is -2.18. The van der Waals surface area contributed by atoms with Gasteiger partial charge in [0.25, 0.3) is 0 Å². The lowest BCUT2D eigenvalue weighted by atomic mass is 10.0. The number of nitrogens with one attached hydrogen (secondary N) is 1. The van der Waals surface area contributed by atoms with Crippen LogP contribution in [0.3, 0.4) is 0 Å². The van der Waals surface area contributed by atoms with Gasteiger partial charge in [0.15, 0.2) is 0 Å². The topological polar surface area (TPSA) is 47.0 Å². The van der Waals surface area contributed by atoms with E-state index in [9.17, 15) is 0 Å². The maximum absolute atomic E-state index is 5.32. The molecule has 0 fully saturated rings. The zero-order valence-corrected chi connectivity index (χ0v) is 16.4. The van der Waals surface area contributed by atoms with Crippen molar-refractivity contribution in [3.63, 3.8) is 0 Å². The van der Waals surface area contributed by atoms with Gasteiger partial charge in [0.1, 0.15) is 10.8 Å². The van der Waals surface area contributed by atoms with Crippen molar-refractivity contribution in [3.8, 4) is 16.3 Å². The zero-order chi connectivity index (χ0) is 19.2. The first kappa shape index (κ1) is 18.3. The molecule has 0 saturated heterocycles. The van der Waals surface area contributed by atoms with Gasteiger partial charge < -0.3 is 4.74 Å². The Labute approximate surface area is 168 Å². The van der Waals surface area contributed by atoms with Crippen molar-refractivity contribution in [2.75, 3.05) is 7.11 Å². The zero-order valence-electron chi connectivity index (χ0n) is 15.6. The van der Waals surface area contributed by atoms with E-state index in [1.807, 2.05) is 48.7 Å². The number of thiazole rings is 1. The fraction of sp³-hybridized carbons (Fsp3) is 0.130. The summed E-state index contributed by atoms with van der Waals surface area (Å²) in [7, 11) is 1.68. The maximum Gasteiger partial charge on any atom is 0.123 e. The van der Waals surface area contributed by atoms with Gasteiger partial charge in [-0.2, -0.15) is 0 Å². The first-order chi connectivity index (χ1) is 13.8. The van der Waals surface area contributed by atoms with Gasteiger partial charge in [0.05, 0.1) is 24.5 Å². The Kier molecular flexibility index (Phi) is 5.75. The molecule has 4 rings (SSSR count). The van der Waals surface area contributed by atoms with Crippen LogP contribution in [0.4, 0.5) is 0 Å². The molecule has 1 unspecified atom stereocenters. The van der Waals surface area contributed by atoms with Crippen LogP contribution in [0.15, 0.2) is 84.4 Å². The Morgan fingerprint density at radius 3 is 2.64 bits per heavy atom. The minimum Gasteiger partial charge on any atom is -0.497 e. The molecule has 0 spiro atoms. The van der Waals surface area contributed by atoms with Gasteiger partial charge in [0.2, 0.25) is 0 Å². The van der Waals surface area contributed by atoms with Gasteiger partial charge >= 0.3 is 0 Å². The largest absolute Gasteiger partial charge is 0.497 e. The van der Waals surface area contributed by atoms with E-state index in [1.165, 1.54) is 5.56 Å². The molecule has 2 aromatic heterocycles. The third-order valence-corrected chi connectivity index (χ3v) is 5.41. The van der Waals surface area contributed by atoms with Crippen LogP contribution in [0, 0.1) is 0 Å². The quantitative estimate of drug-likeness (QED) is 0.480. The van der Waals surface area contributed by atoms with Crippen molar-refractivity contribution in [2.45, 2.75) is 12.6 Å². The third-order valence-electron chi connectivity index (χ3n) is 4.47. The van der Waals surface area contributed by atoms with Crippen molar-refractivity contribution < 1.29 is 4.74 Å². The summed E-state index contributed by atoms with van der Waals surface area (Å²) in [5.41, 5.74) is 4.26. The molecule has 0 amide bonds. The molecule has 140 valence electrons. The van der Waals surface area contributed by atoms with Crippen LogP contribution >= 0.6 is 11.3 Å². The first-order valence-corrected chi connectivity index (χ1v) is 9.99. The highest BCUT2D eigenvalue weighted by Crippen LogP contribution is 2.27. The van der Waals surface area contributed by atoms with Gasteiger partial charge in [-0.15, -0.1) is 11.3 Å². The van der Waals surface area contributed by atoms with Crippen molar-refractivity contribution in [3.05, 3.63) is 101 Å². The van der Waals surface area contributed by atoms with E-state index in [0.717, 1.165) is 27.7 Å². The second-order valence-electron chi connectivity index (χ2n) is 6.36. The summed E-state index contributed by atoms with van der Waals surface area (Å²) in [5, 5.41) is 6.70. The number of hydrogen-bond acceptors (Lipinski definition) is 5. The summed E-state index contributed by atoms with van der Waals surface area (Å²) in [6, 6.07) is 24.4. The average molecular weight is 388 g/mol. The standard InChI is InChI=1S/C23H21N3OS/c1-27-20-11-7-10-18(14-20)23-26-19(16-28-23)15-25-22(17-8-3-2-4-9-17)21-12-5-6-13-24-21/h2-14,16,22,25H,15H2,1H3. The molecule has 1 atom stereocenters. The Morgan fingerprint density at radius 1 is 1.00 bits per heavy atom. The fourth-order valence-corrected chi connectivity index (χ4v) is 3.89. The highest BCUT2D eigenvalue weighted by Gasteiger charge is 2.15. The highest BCUT2D eigenvalue weighted by atomic mass is 32.1. The van der Waals surface area contributed by atoms with Crippen molar-refractivity contribution in [1.29, 1.82) is 0 Å². The monoisotopic (exact) mass is 387 g/mol. The predicted molar refractivity (Wildman–Crippen MR) is 113 cm³/mol. The molecule has 0 aliphatic rings. The van der Waals surface area contributed by atoms with Crippen LogP contribution in [-0.4, -0.2) is 17.1 Å². The van der Waals surface area contributed by atoms with E-state index in [2.05, 4.69) is 46.0 Å². The molecule has 0 bridgehead atoms. The first-order valence-electron chi connectivity index (χ1n) is 9.11. The van der Waals surface area contributed by atoms with Gasteiger partial charge in [-0.25, -0.2) is 4.98 Å². The minimum atomic E-state index is 0.0179. The Morgan fingerprint density at radius 2 is 1.86 bits per heavy atom. The molecule has 28 heavy (non-hydrogen) atoms. The predicted octanol–water partition coefficient (Wildman–Crippen LogP) is 5.09. The summed E-state index contributed by atoms with van der Waals surface area (Å²) in [4.78, 5) is 9.34. The van der Waals surface area contributed by atoms with Gasteiger partial charge in [-0.1, -0.05) is 48.5 Å². The molecular formula is C23H21N3OS. The molecule has 4 aromatic rings. The van der Waals surface area contributed by atoms with Crippen molar-refractivity contribution in [2.24, 2.45) is 0 Å². The van der Waals surface area contributed by atoms with E-state index < -0.39 is 0 Å². The fourth-order valence-electron chi connectivity index (χ4n) is 3.07. The van der Waals surface area contributed by atoms with E-state index in [1.54, 1.807) is 18.4 Å². The Balaban J connectivity index is 1.53. The van der Waals surface area contributed by atoms with Crippen molar-refractivity contribution >= 4 is 11.3 Å². The minimum absolute atomic E-state index is 0.0179. The van der Waals surface area contributed by atoms with E-state index in [0.29, 0.717) is 6.54 Å². The van der Waals surface area contributed by atoms with Crippen LogP contribution in [0.2, 0.25) is 0 Å². The van der Waals surface area contributed by atoms with Crippen LogP contribution in [-0.2, 0) is 6.54 Å². The number of benzene rings is 2. The number of pyridine rings is 1. The highest BCUT2D eigenvalue weighted by molar-refractivity contribution is 7.13. The number of ether oxygens (including phenoxy) is 1. The second kappa shape index (κ2) is 8.78. The maximum atomic E-state index is 5.32. The molecular weight excluding hydrogens is 366 g/mol. The third kappa shape index (κ3) is 4.27. The summed E-state index contributed by atoms with van der Waals surface area (Å²) in [6.07, 6.45) is 1.83. The number of rotatable bonds is 7. The van der Waals surface area contributed by atoms with Crippen LogP contribution in [0.5, 0.6) is 5.75 Å². The van der Waals surface area contributed by atoms with Crippen LogP contribution in [0.1, 0.15) is 23.0 Å². The summed E-state index contributed by atoms with van der Waals surface area (Å²) >= 11 is 1.64. The van der Waals surface area contributed by atoms with E-state index >= 15 is 0 Å². The van der Waals surface area contributed by atoms with E-state index in [4.69, 9.17) is 9.72 Å². The SMILES string of the molecule is COc1cccc(-c2nc(CNC(c3ccccc3)c3ccccn3)cs2)c1. The molecule has 5 heteroatoms. The molecule has 0 saturated carbocycles. The molecule has 2 heterocycles. The summed E-state index contributed by atoms with van der Waals surface area (Å²) in [6.45, 7) is 0.663.